The van der Waals surface area contributed by atoms with Gasteiger partial charge < -0.3 is 10.6 Å². The van der Waals surface area contributed by atoms with Gasteiger partial charge in [-0.05, 0) is 38.4 Å². The van der Waals surface area contributed by atoms with Gasteiger partial charge in [-0.1, -0.05) is 18.2 Å². The molecule has 0 bridgehead atoms. The van der Waals surface area contributed by atoms with Gasteiger partial charge in [0.05, 0.1) is 5.75 Å². The maximum absolute atomic E-state index is 11.8. The summed E-state index contributed by atoms with van der Waals surface area (Å²) in [5, 5.41) is 6.51. The molecule has 1 aliphatic heterocycles. The summed E-state index contributed by atoms with van der Waals surface area (Å²) in [6, 6.07) is 10.9. The summed E-state index contributed by atoms with van der Waals surface area (Å²) in [5.41, 5.74) is 0. The van der Waals surface area contributed by atoms with Crippen molar-refractivity contribution in [2.24, 2.45) is 0 Å². The van der Waals surface area contributed by atoms with E-state index < -0.39 is 0 Å². The second-order valence-electron chi connectivity index (χ2n) is 4.75. The molecule has 1 aromatic rings. The lowest BCUT2D eigenvalue weighted by Crippen LogP contribution is -2.47. The monoisotopic (exact) mass is 300 g/mol. The third kappa shape index (κ3) is 5.85. The Morgan fingerprint density at radius 2 is 2.16 bits per heavy atom. The molecule has 0 saturated carbocycles. The van der Waals surface area contributed by atoms with E-state index in [0.717, 1.165) is 24.3 Å². The van der Waals surface area contributed by atoms with Crippen LogP contribution in [0.5, 0.6) is 0 Å². The van der Waals surface area contributed by atoms with E-state index in [2.05, 4.69) is 17.6 Å². The molecule has 0 aliphatic carbocycles. The normalized spacial score (nSPS) is 22.4. The van der Waals surface area contributed by atoms with Crippen LogP contribution in [-0.4, -0.2) is 30.3 Å². The highest BCUT2D eigenvalue weighted by atomic mass is 35.5. The second kappa shape index (κ2) is 8.46. The molecule has 1 aliphatic rings. The predicted molar refractivity (Wildman–Crippen MR) is 83.0 cm³/mol. The Bertz CT molecular complexity index is 388. The molecule has 3 nitrogen and oxygen atoms in total. The van der Waals surface area contributed by atoms with Gasteiger partial charge in [0, 0.05) is 17.0 Å². The number of carbonyl (C=O) groups is 1. The highest BCUT2D eigenvalue weighted by Gasteiger charge is 2.19. The molecule has 1 saturated heterocycles. The van der Waals surface area contributed by atoms with Gasteiger partial charge in [0.15, 0.2) is 0 Å². The van der Waals surface area contributed by atoms with Crippen LogP contribution in [0.25, 0.3) is 0 Å². The molecule has 2 unspecified atom stereocenters. The maximum Gasteiger partial charge on any atom is 0.230 e. The van der Waals surface area contributed by atoms with Crippen molar-refractivity contribution in [2.45, 2.75) is 36.7 Å². The second-order valence-corrected chi connectivity index (χ2v) is 5.79. The van der Waals surface area contributed by atoms with E-state index in [0.29, 0.717) is 17.8 Å². The highest BCUT2D eigenvalue weighted by Crippen LogP contribution is 2.16. The van der Waals surface area contributed by atoms with Crippen LogP contribution in [-0.2, 0) is 4.79 Å². The first kappa shape index (κ1) is 16.3. The van der Waals surface area contributed by atoms with Crippen molar-refractivity contribution in [1.29, 1.82) is 0 Å². The first-order valence-electron chi connectivity index (χ1n) is 6.44. The van der Waals surface area contributed by atoms with Gasteiger partial charge in [-0.3, -0.25) is 4.79 Å². The zero-order valence-electron chi connectivity index (χ0n) is 11.1. The molecule has 0 aromatic heterocycles. The smallest absolute Gasteiger partial charge is 0.230 e. The average Bonchev–Trinajstić information content (AvgIpc) is 2.38. The number of piperidine rings is 1. The van der Waals surface area contributed by atoms with Gasteiger partial charge in [-0.25, -0.2) is 0 Å². The number of hydrogen-bond acceptors (Lipinski definition) is 3. The molecule has 2 N–H and O–H groups in total. The van der Waals surface area contributed by atoms with Crippen molar-refractivity contribution in [1.82, 2.24) is 10.6 Å². The minimum Gasteiger partial charge on any atom is -0.353 e. The third-order valence-corrected chi connectivity index (χ3v) is 4.11. The molecule has 5 heteroatoms. The van der Waals surface area contributed by atoms with Crippen LogP contribution in [0.15, 0.2) is 35.2 Å². The molecule has 0 spiro atoms. The molecular formula is C14H21ClN2OS. The molecule has 2 atom stereocenters. The van der Waals surface area contributed by atoms with Gasteiger partial charge in [0.25, 0.3) is 0 Å². The lowest BCUT2D eigenvalue weighted by atomic mass is 10.0. The number of benzene rings is 1. The summed E-state index contributed by atoms with van der Waals surface area (Å²) >= 11 is 1.59. The number of amides is 1. The molecule has 19 heavy (non-hydrogen) atoms. The summed E-state index contributed by atoms with van der Waals surface area (Å²) in [4.78, 5) is 13.0. The molecule has 1 aromatic carbocycles. The van der Waals surface area contributed by atoms with Crippen molar-refractivity contribution in [2.75, 3.05) is 12.3 Å². The van der Waals surface area contributed by atoms with E-state index in [-0.39, 0.29) is 18.3 Å². The lowest BCUT2D eigenvalue weighted by Gasteiger charge is -2.28. The number of hydrogen-bond donors (Lipinski definition) is 2. The first-order chi connectivity index (χ1) is 8.74. The number of thioether (sulfide) groups is 1. The van der Waals surface area contributed by atoms with Crippen LogP contribution in [0.2, 0.25) is 0 Å². The highest BCUT2D eigenvalue weighted by molar-refractivity contribution is 8.00. The van der Waals surface area contributed by atoms with Crippen LogP contribution in [0.3, 0.4) is 0 Å². The summed E-state index contributed by atoms with van der Waals surface area (Å²) in [6.07, 6.45) is 2.06. The van der Waals surface area contributed by atoms with Crippen LogP contribution in [0.4, 0.5) is 0 Å². The van der Waals surface area contributed by atoms with Gasteiger partial charge in [-0.2, -0.15) is 0 Å². The van der Waals surface area contributed by atoms with E-state index in [1.165, 1.54) is 0 Å². The van der Waals surface area contributed by atoms with E-state index in [4.69, 9.17) is 0 Å². The van der Waals surface area contributed by atoms with Crippen LogP contribution < -0.4 is 10.6 Å². The van der Waals surface area contributed by atoms with Crippen molar-refractivity contribution < 1.29 is 4.79 Å². The summed E-state index contributed by atoms with van der Waals surface area (Å²) in [5.74, 6) is 0.644. The Hall–Kier alpha value is -0.710. The Morgan fingerprint density at radius 1 is 1.42 bits per heavy atom. The number of carbonyl (C=O) groups excluding carboxylic acids is 1. The van der Waals surface area contributed by atoms with Crippen molar-refractivity contribution >= 4 is 30.1 Å². The molecular weight excluding hydrogens is 280 g/mol. The Kier molecular flexibility index (Phi) is 7.28. The molecule has 106 valence electrons. The first-order valence-corrected chi connectivity index (χ1v) is 7.43. The number of nitrogens with one attached hydrogen (secondary N) is 2. The third-order valence-electron chi connectivity index (χ3n) is 3.10. The SMILES string of the molecule is CC1CC(NC(=O)CSc2ccccc2)CCN1.Cl. The van der Waals surface area contributed by atoms with Gasteiger partial charge in [0.1, 0.15) is 0 Å². The summed E-state index contributed by atoms with van der Waals surface area (Å²) in [7, 11) is 0. The molecule has 1 amide bonds. The quantitative estimate of drug-likeness (QED) is 0.839. The largest absolute Gasteiger partial charge is 0.353 e. The fraction of sp³-hybridized carbons (Fsp3) is 0.500. The van der Waals surface area contributed by atoms with E-state index in [9.17, 15) is 4.79 Å². The minimum absolute atomic E-state index is 0. The number of rotatable bonds is 4. The Labute approximate surface area is 125 Å². The maximum atomic E-state index is 11.8. The van der Waals surface area contributed by atoms with E-state index >= 15 is 0 Å². The van der Waals surface area contributed by atoms with Gasteiger partial charge in [-0.15, -0.1) is 24.2 Å². The van der Waals surface area contributed by atoms with Crippen LogP contribution in [0, 0.1) is 0 Å². The average molecular weight is 301 g/mol. The minimum atomic E-state index is 0. The topological polar surface area (TPSA) is 41.1 Å². The van der Waals surface area contributed by atoms with Crippen LogP contribution in [0.1, 0.15) is 19.8 Å². The van der Waals surface area contributed by atoms with Crippen molar-refractivity contribution in [3.63, 3.8) is 0 Å². The van der Waals surface area contributed by atoms with Crippen molar-refractivity contribution in [3.8, 4) is 0 Å². The van der Waals surface area contributed by atoms with E-state index in [1.807, 2.05) is 30.3 Å². The van der Waals surface area contributed by atoms with Gasteiger partial charge >= 0.3 is 0 Å². The molecule has 0 radical (unpaired) electrons. The van der Waals surface area contributed by atoms with Crippen molar-refractivity contribution in [3.05, 3.63) is 30.3 Å². The molecule has 1 heterocycles. The summed E-state index contributed by atoms with van der Waals surface area (Å²) in [6.45, 7) is 3.16. The standard InChI is InChI=1S/C14H20N2OS.ClH/c1-11-9-12(7-8-15-11)16-14(17)10-18-13-5-3-2-4-6-13;/h2-6,11-12,15H,7-10H2,1H3,(H,16,17);1H. The lowest BCUT2D eigenvalue weighted by molar-refractivity contribution is -0.119. The van der Waals surface area contributed by atoms with E-state index in [1.54, 1.807) is 11.8 Å². The zero-order chi connectivity index (χ0) is 12.8. The Morgan fingerprint density at radius 3 is 2.84 bits per heavy atom. The molecule has 2 rings (SSSR count). The van der Waals surface area contributed by atoms with Gasteiger partial charge in [0.2, 0.25) is 5.91 Å². The fourth-order valence-corrected chi connectivity index (χ4v) is 2.93. The van der Waals surface area contributed by atoms with Crippen LogP contribution >= 0.6 is 24.2 Å². The predicted octanol–water partition coefficient (Wildman–Crippen LogP) is 2.46. The summed E-state index contributed by atoms with van der Waals surface area (Å²) < 4.78 is 0. The fourth-order valence-electron chi connectivity index (χ4n) is 2.20. The molecule has 1 fully saturated rings. The number of halogens is 1. The Balaban J connectivity index is 0.00000180. The zero-order valence-corrected chi connectivity index (χ0v) is 12.7.